The molecule has 2 unspecified atom stereocenters. The molecule has 1 aliphatic rings. The summed E-state index contributed by atoms with van der Waals surface area (Å²) >= 11 is 2.19. The van der Waals surface area contributed by atoms with Gasteiger partial charge in [0.15, 0.2) is 0 Å². The molecule has 0 saturated carbocycles. The number of carbonyl (C=O) groups is 2. The number of halogens is 1. The highest BCUT2D eigenvalue weighted by Crippen LogP contribution is 2.08. The van der Waals surface area contributed by atoms with Gasteiger partial charge in [0.25, 0.3) is 5.91 Å². The highest BCUT2D eigenvalue weighted by Gasteiger charge is 2.27. The first-order chi connectivity index (χ1) is 8.16. The minimum Gasteiger partial charge on any atom is -0.337 e. The van der Waals surface area contributed by atoms with E-state index in [1.807, 2.05) is 6.07 Å². The lowest BCUT2D eigenvalue weighted by Crippen LogP contribution is -2.62. The molecule has 0 spiro atoms. The first-order valence-electron chi connectivity index (χ1n) is 5.21. The van der Waals surface area contributed by atoms with Crippen LogP contribution >= 0.6 is 22.6 Å². The molecule has 1 aromatic rings. The van der Waals surface area contributed by atoms with Gasteiger partial charge in [-0.25, -0.2) is 4.79 Å². The van der Waals surface area contributed by atoms with E-state index in [-0.39, 0.29) is 22.0 Å². The van der Waals surface area contributed by atoms with Crippen LogP contribution in [0.3, 0.4) is 0 Å². The highest BCUT2D eigenvalue weighted by atomic mass is 127. The van der Waals surface area contributed by atoms with E-state index in [0.717, 1.165) is 0 Å². The maximum absolute atomic E-state index is 11.9. The van der Waals surface area contributed by atoms with Gasteiger partial charge in [-0.3, -0.25) is 4.79 Å². The molecule has 1 saturated heterocycles. The van der Waals surface area contributed by atoms with E-state index in [0.29, 0.717) is 12.1 Å². The first-order valence-corrected chi connectivity index (χ1v) is 6.46. The quantitative estimate of drug-likeness (QED) is 0.550. The third kappa shape index (κ3) is 3.09. The van der Waals surface area contributed by atoms with E-state index in [2.05, 4.69) is 38.5 Å². The number of hydrogen-bond acceptors (Lipinski definition) is 2. The lowest BCUT2D eigenvalue weighted by atomic mass is 10.2. The van der Waals surface area contributed by atoms with Crippen molar-refractivity contribution in [1.82, 2.24) is 16.0 Å². The van der Waals surface area contributed by atoms with Crippen molar-refractivity contribution in [1.29, 1.82) is 0 Å². The summed E-state index contributed by atoms with van der Waals surface area (Å²) in [7, 11) is 0. The largest absolute Gasteiger partial charge is 0.337 e. The van der Waals surface area contributed by atoms with Gasteiger partial charge in [-0.15, -0.1) is 0 Å². The molecule has 2 rings (SSSR count). The smallest absolute Gasteiger partial charge is 0.316 e. The van der Waals surface area contributed by atoms with Crippen LogP contribution in [-0.4, -0.2) is 28.6 Å². The van der Waals surface area contributed by atoms with Gasteiger partial charge in [0.1, 0.15) is 6.17 Å². The summed E-state index contributed by atoms with van der Waals surface area (Å²) in [6.07, 6.45) is -0.336. The fraction of sp³-hybridized carbons (Fsp3) is 0.273. The number of benzene rings is 1. The Hall–Kier alpha value is -1.31. The fourth-order valence-corrected chi connectivity index (χ4v) is 2.11. The topological polar surface area (TPSA) is 70.2 Å². The van der Waals surface area contributed by atoms with Gasteiger partial charge in [0.2, 0.25) is 0 Å². The zero-order chi connectivity index (χ0) is 12.3. The number of rotatable bonds is 2. The number of urea groups is 1. The molecule has 1 heterocycles. The van der Waals surface area contributed by atoms with E-state index in [4.69, 9.17) is 0 Å². The van der Waals surface area contributed by atoms with Gasteiger partial charge in [0, 0.05) is 12.1 Å². The van der Waals surface area contributed by atoms with Crippen LogP contribution in [0.25, 0.3) is 0 Å². The number of amides is 3. The summed E-state index contributed by atoms with van der Waals surface area (Å²) in [6.45, 7) is 0.548. The van der Waals surface area contributed by atoms with Gasteiger partial charge < -0.3 is 16.0 Å². The Bertz CT molecular complexity index is 424. The fourth-order valence-electron chi connectivity index (χ4n) is 1.53. The molecule has 2 atom stereocenters. The third-order valence-corrected chi connectivity index (χ3v) is 3.59. The van der Waals surface area contributed by atoms with E-state index in [9.17, 15) is 9.59 Å². The molecular weight excluding hydrogens is 333 g/mol. The molecule has 1 fully saturated rings. The number of nitrogens with one attached hydrogen (secondary N) is 3. The molecule has 3 amide bonds. The van der Waals surface area contributed by atoms with Crippen LogP contribution in [0.1, 0.15) is 10.4 Å². The lowest BCUT2D eigenvalue weighted by Gasteiger charge is -2.29. The van der Waals surface area contributed by atoms with Crippen molar-refractivity contribution in [3.8, 4) is 0 Å². The van der Waals surface area contributed by atoms with Crippen LogP contribution < -0.4 is 16.0 Å². The molecule has 0 aliphatic carbocycles. The van der Waals surface area contributed by atoms with Crippen LogP contribution in [0.5, 0.6) is 0 Å². The second-order valence-corrected chi connectivity index (χ2v) is 5.29. The third-order valence-electron chi connectivity index (χ3n) is 2.43. The summed E-state index contributed by atoms with van der Waals surface area (Å²) in [5.41, 5.74) is 0.587. The van der Waals surface area contributed by atoms with E-state index >= 15 is 0 Å². The monoisotopic (exact) mass is 345 g/mol. The summed E-state index contributed by atoms with van der Waals surface area (Å²) in [6, 6.07) is 8.68. The van der Waals surface area contributed by atoms with Crippen LogP contribution in [0.15, 0.2) is 30.3 Å². The van der Waals surface area contributed by atoms with Crippen LogP contribution in [0.4, 0.5) is 4.79 Å². The Labute approximate surface area is 112 Å². The average molecular weight is 345 g/mol. The Morgan fingerprint density at radius 3 is 2.76 bits per heavy atom. The van der Waals surface area contributed by atoms with Crippen molar-refractivity contribution in [2.75, 3.05) is 6.54 Å². The van der Waals surface area contributed by atoms with Crippen molar-refractivity contribution in [3.05, 3.63) is 35.9 Å². The van der Waals surface area contributed by atoms with Crippen LogP contribution in [0, 0.1) is 0 Å². The molecule has 0 aromatic heterocycles. The van der Waals surface area contributed by atoms with Crippen LogP contribution in [0.2, 0.25) is 0 Å². The zero-order valence-corrected chi connectivity index (χ0v) is 11.1. The van der Waals surface area contributed by atoms with Crippen molar-refractivity contribution in [3.63, 3.8) is 0 Å². The van der Waals surface area contributed by atoms with Crippen molar-refractivity contribution in [2.45, 2.75) is 10.1 Å². The van der Waals surface area contributed by atoms with E-state index < -0.39 is 0 Å². The van der Waals surface area contributed by atoms with Gasteiger partial charge in [-0.1, -0.05) is 40.8 Å². The van der Waals surface area contributed by atoms with Crippen molar-refractivity contribution >= 4 is 34.5 Å². The van der Waals surface area contributed by atoms with E-state index in [1.54, 1.807) is 24.3 Å². The standard InChI is InChI=1S/C11H12IN3O2/c12-8-6-13-11(17)15-9(8)14-10(16)7-4-2-1-3-5-7/h1-5,8-9H,6H2,(H,14,16)(H2,13,15,17). The minimum absolute atomic E-state index is 0.123. The SMILES string of the molecule is O=C1NCC(I)C(NC(=O)c2ccccc2)N1. The number of hydrogen-bond donors (Lipinski definition) is 3. The van der Waals surface area contributed by atoms with Gasteiger partial charge in [-0.2, -0.15) is 0 Å². The zero-order valence-electron chi connectivity index (χ0n) is 8.94. The average Bonchev–Trinajstić information content (AvgIpc) is 2.35. The van der Waals surface area contributed by atoms with Gasteiger partial charge >= 0.3 is 6.03 Å². The summed E-state index contributed by atoms with van der Waals surface area (Å²) in [5, 5.41) is 8.14. The van der Waals surface area contributed by atoms with Crippen molar-refractivity contribution < 1.29 is 9.59 Å². The molecule has 90 valence electrons. The summed E-state index contributed by atoms with van der Waals surface area (Å²) < 4.78 is 0.123. The molecular formula is C11H12IN3O2. The number of alkyl halides is 1. The molecule has 0 bridgehead atoms. The lowest BCUT2D eigenvalue weighted by molar-refractivity contribution is 0.0929. The minimum atomic E-state index is -0.336. The molecule has 3 N–H and O–H groups in total. The predicted molar refractivity (Wildman–Crippen MR) is 72.0 cm³/mol. The molecule has 1 aliphatic heterocycles. The Balaban J connectivity index is 2.01. The van der Waals surface area contributed by atoms with Gasteiger partial charge in [0.05, 0.1) is 3.92 Å². The molecule has 0 radical (unpaired) electrons. The first kappa shape index (κ1) is 12.2. The van der Waals surface area contributed by atoms with Crippen molar-refractivity contribution in [2.24, 2.45) is 0 Å². The number of carbonyl (C=O) groups excluding carboxylic acids is 2. The summed E-state index contributed by atoms with van der Waals surface area (Å²) in [4.78, 5) is 23.0. The van der Waals surface area contributed by atoms with Gasteiger partial charge in [-0.05, 0) is 12.1 Å². The molecule has 1 aromatic carbocycles. The Morgan fingerprint density at radius 1 is 1.35 bits per heavy atom. The molecule has 6 heteroatoms. The maximum Gasteiger partial charge on any atom is 0.316 e. The van der Waals surface area contributed by atoms with E-state index in [1.165, 1.54) is 0 Å². The second-order valence-electron chi connectivity index (χ2n) is 3.69. The Morgan fingerprint density at radius 2 is 2.06 bits per heavy atom. The maximum atomic E-state index is 11.9. The Kier molecular flexibility index (Phi) is 3.82. The second kappa shape index (κ2) is 5.35. The molecule has 5 nitrogen and oxygen atoms in total. The predicted octanol–water partition coefficient (Wildman–Crippen LogP) is 0.859. The van der Waals surface area contributed by atoms with Crippen LogP contribution in [-0.2, 0) is 0 Å². The highest BCUT2D eigenvalue weighted by molar-refractivity contribution is 14.1. The normalized spacial score (nSPS) is 23.5. The summed E-state index contributed by atoms with van der Waals surface area (Å²) in [5.74, 6) is -0.181. The molecule has 17 heavy (non-hydrogen) atoms.